The molecular weight excluding hydrogens is 318 g/mol. The van der Waals surface area contributed by atoms with Crippen molar-refractivity contribution in [1.29, 1.82) is 0 Å². The van der Waals surface area contributed by atoms with E-state index < -0.39 is 0 Å². The number of benzene rings is 2. The summed E-state index contributed by atoms with van der Waals surface area (Å²) in [6.45, 7) is 4.56. The van der Waals surface area contributed by atoms with Gasteiger partial charge in [-0.2, -0.15) is 0 Å². The zero-order valence-corrected chi connectivity index (χ0v) is 15.9. The molecule has 0 amide bonds. The van der Waals surface area contributed by atoms with Gasteiger partial charge in [-0.05, 0) is 42.8 Å². The second-order valence-corrected chi connectivity index (χ2v) is 6.45. The Morgan fingerprint density at radius 2 is 1.85 bits per heavy atom. The number of ether oxygens (including phenoxy) is 1. The van der Waals surface area contributed by atoms with Crippen LogP contribution in [0.1, 0.15) is 37.3 Å². The Bertz CT molecular complexity index is 725. The molecule has 0 saturated carbocycles. The molecule has 0 aromatic heterocycles. The highest BCUT2D eigenvalue weighted by Gasteiger charge is 2.01. The number of hydrogen-bond acceptors (Lipinski definition) is 2. The molecule has 2 aromatic rings. The molecule has 0 N–H and O–H groups in total. The molecule has 2 heteroatoms. The van der Waals surface area contributed by atoms with E-state index in [2.05, 4.69) is 67.1 Å². The average molecular weight is 348 g/mol. The fraction of sp³-hybridized carbons (Fsp3) is 0.333. The Labute approximate surface area is 158 Å². The maximum Gasteiger partial charge on any atom is 0.120 e. The van der Waals surface area contributed by atoms with Crippen LogP contribution in [0.4, 0.5) is 0 Å². The van der Waals surface area contributed by atoms with Crippen molar-refractivity contribution < 1.29 is 4.74 Å². The number of nitrogens with zero attached hydrogens (tertiary/aromatic N) is 1. The van der Waals surface area contributed by atoms with Crippen molar-refractivity contribution >= 4 is 0 Å². The summed E-state index contributed by atoms with van der Waals surface area (Å²) in [5, 5.41) is 0. The van der Waals surface area contributed by atoms with Crippen LogP contribution < -0.4 is 4.74 Å². The summed E-state index contributed by atoms with van der Waals surface area (Å²) in [6, 6.07) is 18.6. The molecule has 0 atom stereocenters. The van der Waals surface area contributed by atoms with E-state index in [9.17, 15) is 0 Å². The predicted octanol–water partition coefficient (Wildman–Crippen LogP) is 5.45. The number of allylic oxidation sites excluding steroid dienone is 1. The molecule has 0 aliphatic rings. The number of rotatable bonds is 9. The standard InChI is InChI=1S/C24H29NO/c1-3-4-5-6-7-8-12-18-25(2)20-23-16-13-17-24(19-23)26-21-22-14-10-9-11-15-22/h8-17,19H,3-5,18,20-21H2,1-2H3/b12-8+. The van der Waals surface area contributed by atoms with E-state index >= 15 is 0 Å². The van der Waals surface area contributed by atoms with E-state index in [4.69, 9.17) is 4.74 Å². The highest BCUT2D eigenvalue weighted by molar-refractivity contribution is 5.29. The molecule has 0 aliphatic carbocycles. The van der Waals surface area contributed by atoms with E-state index in [1.165, 1.54) is 24.0 Å². The van der Waals surface area contributed by atoms with Crippen LogP contribution in [-0.2, 0) is 13.2 Å². The normalized spacial score (nSPS) is 10.7. The van der Waals surface area contributed by atoms with Crippen molar-refractivity contribution in [3.8, 4) is 17.6 Å². The van der Waals surface area contributed by atoms with E-state index in [-0.39, 0.29) is 0 Å². The Kier molecular flexibility index (Phi) is 9.11. The number of unbranched alkanes of at least 4 members (excludes halogenated alkanes) is 2. The van der Waals surface area contributed by atoms with E-state index in [0.717, 1.165) is 25.3 Å². The highest BCUT2D eigenvalue weighted by atomic mass is 16.5. The Hall–Kier alpha value is -2.50. The highest BCUT2D eigenvalue weighted by Crippen LogP contribution is 2.16. The van der Waals surface area contributed by atoms with Crippen LogP contribution in [0.2, 0.25) is 0 Å². The van der Waals surface area contributed by atoms with Gasteiger partial charge in [0.1, 0.15) is 12.4 Å². The SMILES string of the molecule is CCCCC#C/C=C/CN(C)Cc1cccc(OCc2ccccc2)c1. The molecule has 0 unspecified atom stereocenters. The monoisotopic (exact) mass is 347 g/mol. The molecule has 136 valence electrons. The summed E-state index contributed by atoms with van der Waals surface area (Å²) in [5.74, 6) is 7.19. The zero-order chi connectivity index (χ0) is 18.5. The minimum Gasteiger partial charge on any atom is -0.489 e. The van der Waals surface area contributed by atoms with Gasteiger partial charge in [0.2, 0.25) is 0 Å². The van der Waals surface area contributed by atoms with Crippen LogP contribution in [-0.4, -0.2) is 18.5 Å². The van der Waals surface area contributed by atoms with E-state index in [0.29, 0.717) is 6.61 Å². The molecule has 0 saturated heterocycles. The quantitative estimate of drug-likeness (QED) is 0.442. The lowest BCUT2D eigenvalue weighted by Gasteiger charge is -2.15. The van der Waals surface area contributed by atoms with Crippen molar-refractivity contribution in [3.05, 3.63) is 77.9 Å². The van der Waals surface area contributed by atoms with Crippen molar-refractivity contribution in [2.45, 2.75) is 39.3 Å². The van der Waals surface area contributed by atoms with E-state index in [1.54, 1.807) is 0 Å². The first kappa shape index (κ1) is 19.8. The molecule has 0 spiro atoms. The van der Waals surface area contributed by atoms with Crippen LogP contribution >= 0.6 is 0 Å². The summed E-state index contributed by atoms with van der Waals surface area (Å²) >= 11 is 0. The molecular formula is C24H29NO. The molecule has 0 radical (unpaired) electrons. The van der Waals surface area contributed by atoms with Crippen LogP contribution in [0.25, 0.3) is 0 Å². The number of likely N-dealkylation sites (N-methyl/N-ethyl adjacent to an activating group) is 1. The summed E-state index contributed by atoms with van der Waals surface area (Å²) in [4.78, 5) is 2.26. The van der Waals surface area contributed by atoms with Gasteiger partial charge < -0.3 is 4.74 Å². The lowest BCUT2D eigenvalue weighted by Crippen LogP contribution is -2.17. The summed E-state index contributed by atoms with van der Waals surface area (Å²) in [7, 11) is 2.12. The number of hydrogen-bond donors (Lipinski definition) is 0. The zero-order valence-electron chi connectivity index (χ0n) is 15.9. The van der Waals surface area contributed by atoms with Crippen LogP contribution in [0.3, 0.4) is 0 Å². The average Bonchev–Trinajstić information content (AvgIpc) is 2.67. The van der Waals surface area contributed by atoms with Gasteiger partial charge in [-0.3, -0.25) is 4.90 Å². The lowest BCUT2D eigenvalue weighted by atomic mass is 10.2. The molecule has 0 heterocycles. The minimum atomic E-state index is 0.597. The fourth-order valence-electron chi connectivity index (χ4n) is 2.54. The van der Waals surface area contributed by atoms with Crippen molar-refractivity contribution in [2.75, 3.05) is 13.6 Å². The Balaban J connectivity index is 1.77. The first-order valence-corrected chi connectivity index (χ1v) is 9.35. The summed E-state index contributed by atoms with van der Waals surface area (Å²) < 4.78 is 5.91. The van der Waals surface area contributed by atoms with Crippen molar-refractivity contribution in [2.24, 2.45) is 0 Å². The van der Waals surface area contributed by atoms with Gasteiger partial charge in [-0.25, -0.2) is 0 Å². The lowest BCUT2D eigenvalue weighted by molar-refractivity contribution is 0.304. The Morgan fingerprint density at radius 1 is 1.04 bits per heavy atom. The summed E-state index contributed by atoms with van der Waals surface area (Å²) in [6.07, 6.45) is 7.46. The predicted molar refractivity (Wildman–Crippen MR) is 110 cm³/mol. The van der Waals surface area contributed by atoms with Crippen LogP contribution in [0.5, 0.6) is 5.75 Å². The first-order chi connectivity index (χ1) is 12.8. The molecule has 2 aromatic carbocycles. The molecule has 2 nitrogen and oxygen atoms in total. The maximum absolute atomic E-state index is 5.91. The molecule has 26 heavy (non-hydrogen) atoms. The minimum absolute atomic E-state index is 0.597. The molecule has 0 fully saturated rings. The van der Waals surface area contributed by atoms with Gasteiger partial charge in [-0.15, -0.1) is 0 Å². The van der Waals surface area contributed by atoms with Gasteiger partial charge in [0.15, 0.2) is 0 Å². The second-order valence-electron chi connectivity index (χ2n) is 6.45. The second kappa shape index (κ2) is 12.0. The molecule has 0 bridgehead atoms. The molecule has 0 aliphatic heterocycles. The van der Waals surface area contributed by atoms with Gasteiger partial charge in [0.25, 0.3) is 0 Å². The van der Waals surface area contributed by atoms with Gasteiger partial charge >= 0.3 is 0 Å². The third-order valence-electron chi connectivity index (χ3n) is 3.97. The van der Waals surface area contributed by atoms with Gasteiger partial charge in [-0.1, -0.05) is 73.7 Å². The van der Waals surface area contributed by atoms with Gasteiger partial charge in [0, 0.05) is 19.5 Å². The topological polar surface area (TPSA) is 12.5 Å². The van der Waals surface area contributed by atoms with Crippen molar-refractivity contribution in [3.63, 3.8) is 0 Å². The Morgan fingerprint density at radius 3 is 2.65 bits per heavy atom. The van der Waals surface area contributed by atoms with E-state index in [1.807, 2.05) is 30.3 Å². The molecule has 2 rings (SSSR count). The summed E-state index contributed by atoms with van der Waals surface area (Å²) in [5.41, 5.74) is 2.43. The fourth-order valence-corrected chi connectivity index (χ4v) is 2.54. The van der Waals surface area contributed by atoms with Crippen LogP contribution in [0.15, 0.2) is 66.7 Å². The first-order valence-electron chi connectivity index (χ1n) is 9.35. The largest absolute Gasteiger partial charge is 0.489 e. The van der Waals surface area contributed by atoms with Crippen LogP contribution in [0, 0.1) is 11.8 Å². The van der Waals surface area contributed by atoms with Gasteiger partial charge in [0.05, 0.1) is 0 Å². The third kappa shape index (κ3) is 8.05. The van der Waals surface area contributed by atoms with Crippen molar-refractivity contribution in [1.82, 2.24) is 4.90 Å². The smallest absolute Gasteiger partial charge is 0.120 e. The maximum atomic E-state index is 5.91. The third-order valence-corrected chi connectivity index (χ3v) is 3.97.